The van der Waals surface area contributed by atoms with Crippen LogP contribution in [0.2, 0.25) is 10.0 Å². The van der Waals surface area contributed by atoms with Gasteiger partial charge in [0, 0.05) is 49.7 Å². The minimum absolute atomic E-state index is 0.0345. The lowest BCUT2D eigenvalue weighted by atomic mass is 9.94. The molecule has 33 heavy (non-hydrogen) atoms. The quantitative estimate of drug-likeness (QED) is 0.572. The molecule has 1 aromatic heterocycles. The van der Waals surface area contributed by atoms with Gasteiger partial charge < -0.3 is 20.2 Å². The van der Waals surface area contributed by atoms with Crippen LogP contribution in [0.3, 0.4) is 0 Å². The largest absolute Gasteiger partial charge is 0.508 e. The van der Waals surface area contributed by atoms with Crippen molar-refractivity contribution in [2.75, 3.05) is 36.4 Å². The lowest BCUT2D eigenvalue weighted by Gasteiger charge is -2.38. The Morgan fingerprint density at radius 2 is 1.85 bits per heavy atom. The molecule has 2 aliphatic heterocycles. The molecule has 9 heteroatoms. The summed E-state index contributed by atoms with van der Waals surface area (Å²) in [7, 11) is 0. The van der Waals surface area contributed by atoms with Crippen LogP contribution < -0.4 is 10.2 Å². The Labute approximate surface area is 201 Å². The van der Waals surface area contributed by atoms with Gasteiger partial charge in [0.05, 0.1) is 21.8 Å². The number of amides is 1. The summed E-state index contributed by atoms with van der Waals surface area (Å²) in [6, 6.07) is 14.1. The van der Waals surface area contributed by atoms with E-state index in [4.69, 9.17) is 23.2 Å². The van der Waals surface area contributed by atoms with Gasteiger partial charge in [-0.05, 0) is 36.8 Å². The normalized spacial score (nSPS) is 18.2. The standard InChI is InChI=1S/C24H23Cl2N5O2/c1-15-22(24(33)30-11-9-29(10-12-30)17-3-2-4-18(32)14-17)23(31-21(28-15)7-8-27-31)16-5-6-19(25)20(26)13-16/h2-8,13-14,23,28,32H,9-12H2,1H3. The monoisotopic (exact) mass is 483 g/mol. The molecular weight excluding hydrogens is 461 g/mol. The van der Waals surface area contributed by atoms with Gasteiger partial charge in [-0.2, -0.15) is 5.10 Å². The second-order valence-electron chi connectivity index (χ2n) is 8.20. The van der Waals surface area contributed by atoms with Crippen LogP contribution in [0.4, 0.5) is 11.5 Å². The van der Waals surface area contributed by atoms with Crippen molar-refractivity contribution in [3.63, 3.8) is 0 Å². The van der Waals surface area contributed by atoms with Crippen molar-refractivity contribution in [2.24, 2.45) is 0 Å². The number of phenols is 1. The number of aromatic hydroxyl groups is 1. The third kappa shape index (κ3) is 4.03. The number of carbonyl (C=O) groups is 1. The molecule has 5 rings (SSSR count). The summed E-state index contributed by atoms with van der Waals surface area (Å²) in [5, 5.41) is 18.5. The van der Waals surface area contributed by atoms with Crippen molar-refractivity contribution in [1.29, 1.82) is 0 Å². The number of benzene rings is 2. The van der Waals surface area contributed by atoms with E-state index < -0.39 is 6.04 Å². The lowest BCUT2D eigenvalue weighted by Crippen LogP contribution is -2.50. The zero-order chi connectivity index (χ0) is 23.1. The van der Waals surface area contributed by atoms with Crippen molar-refractivity contribution in [1.82, 2.24) is 14.7 Å². The van der Waals surface area contributed by atoms with Crippen LogP contribution >= 0.6 is 23.2 Å². The van der Waals surface area contributed by atoms with Gasteiger partial charge in [-0.25, -0.2) is 4.68 Å². The summed E-state index contributed by atoms with van der Waals surface area (Å²) in [6.45, 7) is 4.42. The van der Waals surface area contributed by atoms with E-state index in [-0.39, 0.29) is 11.7 Å². The van der Waals surface area contributed by atoms with Crippen LogP contribution in [0.1, 0.15) is 18.5 Å². The van der Waals surface area contributed by atoms with Crippen molar-refractivity contribution in [3.05, 3.63) is 81.6 Å². The number of nitrogens with one attached hydrogen (secondary N) is 1. The Balaban J connectivity index is 1.43. The first kappa shape index (κ1) is 21.7. The van der Waals surface area contributed by atoms with Crippen molar-refractivity contribution >= 4 is 40.6 Å². The SMILES string of the molecule is CC1=C(C(=O)N2CCN(c3cccc(O)c3)CC2)C(c2ccc(Cl)c(Cl)c2)n2nccc2N1. The van der Waals surface area contributed by atoms with E-state index in [1.165, 1.54) is 0 Å². The summed E-state index contributed by atoms with van der Waals surface area (Å²) in [5.41, 5.74) is 3.22. The fourth-order valence-corrected chi connectivity index (χ4v) is 4.81. The minimum atomic E-state index is -0.414. The zero-order valence-corrected chi connectivity index (χ0v) is 19.5. The molecule has 1 atom stereocenters. The summed E-state index contributed by atoms with van der Waals surface area (Å²) in [4.78, 5) is 17.8. The van der Waals surface area contributed by atoms with Gasteiger partial charge in [0.1, 0.15) is 17.6 Å². The molecule has 3 aromatic rings. The van der Waals surface area contributed by atoms with Crippen LogP contribution in [0, 0.1) is 0 Å². The maximum absolute atomic E-state index is 13.8. The van der Waals surface area contributed by atoms with E-state index in [2.05, 4.69) is 15.3 Å². The van der Waals surface area contributed by atoms with Crippen LogP contribution in [0.15, 0.2) is 66.0 Å². The van der Waals surface area contributed by atoms with Crippen LogP contribution in [0.25, 0.3) is 0 Å². The van der Waals surface area contributed by atoms with Gasteiger partial charge >= 0.3 is 0 Å². The number of fused-ring (bicyclic) bond motifs is 1. The molecule has 3 heterocycles. The first-order valence-electron chi connectivity index (χ1n) is 10.7. The molecule has 2 N–H and O–H groups in total. The number of phenolic OH excluding ortho intramolecular Hbond substituents is 1. The lowest BCUT2D eigenvalue weighted by molar-refractivity contribution is -0.128. The molecule has 0 saturated carbocycles. The average molecular weight is 484 g/mol. The summed E-state index contributed by atoms with van der Waals surface area (Å²) in [6.07, 6.45) is 1.71. The Hall–Kier alpha value is -3.16. The molecular formula is C24H23Cl2N5O2. The van der Waals surface area contributed by atoms with Crippen LogP contribution in [-0.2, 0) is 4.79 Å². The molecule has 1 fully saturated rings. The first-order chi connectivity index (χ1) is 15.9. The van der Waals surface area contributed by atoms with Gasteiger partial charge in [0.2, 0.25) is 0 Å². The van der Waals surface area contributed by atoms with E-state index in [9.17, 15) is 9.90 Å². The number of anilines is 2. The average Bonchev–Trinajstić information content (AvgIpc) is 3.28. The highest BCUT2D eigenvalue weighted by Crippen LogP contribution is 2.38. The Bertz CT molecular complexity index is 1250. The molecule has 1 saturated heterocycles. The predicted molar refractivity (Wildman–Crippen MR) is 130 cm³/mol. The summed E-state index contributed by atoms with van der Waals surface area (Å²) < 4.78 is 1.81. The zero-order valence-electron chi connectivity index (χ0n) is 18.0. The fourth-order valence-electron chi connectivity index (χ4n) is 4.50. The highest BCUT2D eigenvalue weighted by atomic mass is 35.5. The second-order valence-corrected chi connectivity index (χ2v) is 9.01. The summed E-state index contributed by atoms with van der Waals surface area (Å²) >= 11 is 12.5. The maximum atomic E-state index is 13.8. The Morgan fingerprint density at radius 1 is 1.06 bits per heavy atom. The number of halogens is 2. The van der Waals surface area contributed by atoms with E-state index in [1.807, 2.05) is 40.8 Å². The number of carbonyl (C=O) groups excluding carboxylic acids is 1. The molecule has 2 aliphatic rings. The summed E-state index contributed by atoms with van der Waals surface area (Å²) in [5.74, 6) is 1.01. The van der Waals surface area contributed by atoms with Gasteiger partial charge in [-0.15, -0.1) is 0 Å². The molecule has 2 aromatic carbocycles. The Morgan fingerprint density at radius 3 is 2.58 bits per heavy atom. The molecule has 0 bridgehead atoms. The van der Waals surface area contributed by atoms with Gasteiger partial charge in [-0.3, -0.25) is 4.79 Å². The third-order valence-corrected chi connectivity index (χ3v) is 6.90. The van der Waals surface area contributed by atoms with Crippen LogP contribution in [-0.4, -0.2) is 51.9 Å². The molecule has 1 amide bonds. The number of hydrogen-bond acceptors (Lipinski definition) is 5. The molecule has 0 aliphatic carbocycles. The van der Waals surface area contributed by atoms with Crippen LogP contribution in [0.5, 0.6) is 5.75 Å². The molecule has 1 unspecified atom stereocenters. The predicted octanol–water partition coefficient (Wildman–Crippen LogP) is 4.53. The highest BCUT2D eigenvalue weighted by molar-refractivity contribution is 6.42. The molecule has 0 radical (unpaired) electrons. The maximum Gasteiger partial charge on any atom is 0.254 e. The topological polar surface area (TPSA) is 73.6 Å². The van der Waals surface area contributed by atoms with Gasteiger partial charge in [0.25, 0.3) is 5.91 Å². The molecule has 0 spiro atoms. The van der Waals surface area contributed by atoms with Gasteiger partial charge in [-0.1, -0.05) is 35.3 Å². The molecule has 7 nitrogen and oxygen atoms in total. The van der Waals surface area contributed by atoms with E-state index >= 15 is 0 Å². The number of aromatic nitrogens is 2. The minimum Gasteiger partial charge on any atom is -0.508 e. The number of allylic oxidation sites excluding steroid dienone is 1. The fraction of sp³-hybridized carbons (Fsp3) is 0.250. The Kier molecular flexibility index (Phi) is 5.68. The van der Waals surface area contributed by atoms with Gasteiger partial charge in [0.15, 0.2) is 0 Å². The van der Waals surface area contributed by atoms with Crippen molar-refractivity contribution < 1.29 is 9.90 Å². The number of nitrogens with zero attached hydrogens (tertiary/aromatic N) is 4. The molecule has 170 valence electrons. The highest BCUT2D eigenvalue weighted by Gasteiger charge is 2.36. The van der Waals surface area contributed by atoms with E-state index in [0.29, 0.717) is 41.8 Å². The third-order valence-electron chi connectivity index (χ3n) is 6.16. The number of rotatable bonds is 3. The number of hydrogen-bond donors (Lipinski definition) is 2. The first-order valence-corrected chi connectivity index (χ1v) is 11.5. The van der Waals surface area contributed by atoms with Crippen molar-refractivity contribution in [3.8, 4) is 5.75 Å². The van der Waals surface area contributed by atoms with Crippen molar-refractivity contribution in [2.45, 2.75) is 13.0 Å². The number of piperazine rings is 1. The second kappa shape index (κ2) is 8.65. The van der Waals surface area contributed by atoms with E-state index in [0.717, 1.165) is 22.8 Å². The van der Waals surface area contributed by atoms with E-state index in [1.54, 1.807) is 30.5 Å². The smallest absolute Gasteiger partial charge is 0.254 e.